The number of amides is 1. The molecule has 4 heterocycles. The Hall–Kier alpha value is -2.54. The second-order valence-corrected chi connectivity index (χ2v) is 8.19. The number of likely N-dealkylation sites (tertiary alicyclic amines) is 1. The monoisotopic (exact) mass is 396 g/mol. The Morgan fingerprint density at radius 3 is 2.96 bits per heavy atom. The highest BCUT2D eigenvalue weighted by molar-refractivity contribution is 7.13. The molecule has 0 bridgehead atoms. The quantitative estimate of drug-likeness (QED) is 0.654. The first-order chi connectivity index (χ1) is 13.6. The maximum atomic E-state index is 13.1. The van der Waals surface area contributed by atoms with Crippen molar-refractivity contribution in [2.75, 3.05) is 13.1 Å². The number of aromatic nitrogens is 3. The molecular weight excluding hydrogens is 372 g/mol. The lowest BCUT2D eigenvalue weighted by atomic mass is 9.96. The van der Waals surface area contributed by atoms with E-state index in [0.717, 1.165) is 41.5 Å². The van der Waals surface area contributed by atoms with Gasteiger partial charge in [0.25, 0.3) is 5.91 Å². The van der Waals surface area contributed by atoms with Crippen LogP contribution in [0, 0.1) is 13.8 Å². The summed E-state index contributed by atoms with van der Waals surface area (Å²) in [5.74, 6) is 1.64. The zero-order valence-electron chi connectivity index (χ0n) is 16.4. The van der Waals surface area contributed by atoms with E-state index in [-0.39, 0.29) is 11.8 Å². The third-order valence-electron chi connectivity index (χ3n) is 5.19. The molecule has 0 spiro atoms. The van der Waals surface area contributed by atoms with Crippen LogP contribution in [-0.2, 0) is 6.42 Å². The molecular formula is C21H24N4O2S. The van der Waals surface area contributed by atoms with Gasteiger partial charge in [0.1, 0.15) is 17.1 Å². The van der Waals surface area contributed by atoms with Crippen molar-refractivity contribution in [1.29, 1.82) is 0 Å². The normalized spacial score (nSPS) is 17.1. The van der Waals surface area contributed by atoms with Gasteiger partial charge >= 0.3 is 0 Å². The molecule has 1 atom stereocenters. The molecule has 7 heteroatoms. The lowest BCUT2D eigenvalue weighted by Crippen LogP contribution is -2.40. The second-order valence-electron chi connectivity index (χ2n) is 7.24. The van der Waals surface area contributed by atoms with Gasteiger partial charge in [-0.25, -0.2) is 9.97 Å². The number of rotatable bonds is 4. The number of hydrogen-bond acceptors (Lipinski definition) is 6. The molecule has 6 nitrogen and oxygen atoms in total. The lowest BCUT2D eigenvalue weighted by molar-refractivity contribution is 0.0701. The largest absolute Gasteiger partial charge is 0.360 e. The fourth-order valence-electron chi connectivity index (χ4n) is 3.79. The summed E-state index contributed by atoms with van der Waals surface area (Å²) < 4.78 is 5.32. The number of carbonyl (C=O) groups excluding carboxylic acids is 1. The van der Waals surface area contributed by atoms with Gasteiger partial charge in [-0.1, -0.05) is 18.1 Å². The molecule has 0 N–H and O–H groups in total. The maximum Gasteiger partial charge on any atom is 0.259 e. The summed E-state index contributed by atoms with van der Waals surface area (Å²) in [5.41, 5.74) is 3.20. The topological polar surface area (TPSA) is 72.1 Å². The van der Waals surface area contributed by atoms with Crippen molar-refractivity contribution < 1.29 is 9.32 Å². The standard InChI is InChI=1S/C21H24N4O2S/c1-4-17-19(14(3)24-27-17)21(26)25-9-5-7-15(12-25)20-22-13(2)11-16(23-20)18-8-6-10-28-18/h6,8,10-11,15H,4-5,7,9,12H2,1-3H3/t15-/m1/s1. The molecule has 4 rings (SSSR count). The summed E-state index contributed by atoms with van der Waals surface area (Å²) >= 11 is 1.68. The predicted octanol–water partition coefficient (Wildman–Crippen LogP) is 4.39. The Morgan fingerprint density at radius 2 is 2.21 bits per heavy atom. The van der Waals surface area contributed by atoms with E-state index < -0.39 is 0 Å². The Balaban J connectivity index is 1.59. The molecule has 0 aliphatic carbocycles. The van der Waals surface area contributed by atoms with E-state index in [1.54, 1.807) is 11.3 Å². The molecule has 146 valence electrons. The van der Waals surface area contributed by atoms with Gasteiger partial charge in [0.15, 0.2) is 0 Å². The fraction of sp³-hybridized carbons (Fsp3) is 0.429. The molecule has 0 aromatic carbocycles. The highest BCUT2D eigenvalue weighted by atomic mass is 32.1. The van der Waals surface area contributed by atoms with Crippen LogP contribution in [0.15, 0.2) is 28.1 Å². The number of hydrogen-bond donors (Lipinski definition) is 0. The van der Waals surface area contributed by atoms with Crippen molar-refractivity contribution in [2.45, 2.75) is 46.0 Å². The minimum Gasteiger partial charge on any atom is -0.360 e. The first-order valence-corrected chi connectivity index (χ1v) is 10.6. The van der Waals surface area contributed by atoms with Crippen LogP contribution in [0.1, 0.15) is 59.0 Å². The summed E-state index contributed by atoms with van der Waals surface area (Å²) in [6.07, 6.45) is 2.58. The van der Waals surface area contributed by atoms with Gasteiger partial charge in [0, 0.05) is 31.1 Å². The van der Waals surface area contributed by atoms with Crippen LogP contribution >= 0.6 is 11.3 Å². The molecule has 3 aromatic heterocycles. The zero-order chi connectivity index (χ0) is 19.7. The fourth-order valence-corrected chi connectivity index (χ4v) is 4.47. The molecule has 1 aliphatic rings. The summed E-state index contributed by atoms with van der Waals surface area (Å²) in [7, 11) is 0. The van der Waals surface area contributed by atoms with Gasteiger partial charge in [0.05, 0.1) is 16.3 Å². The summed E-state index contributed by atoms with van der Waals surface area (Å²) in [4.78, 5) is 25.7. The number of piperidine rings is 1. The van der Waals surface area contributed by atoms with Crippen molar-refractivity contribution in [3.8, 4) is 10.6 Å². The van der Waals surface area contributed by atoms with E-state index in [2.05, 4.69) is 16.6 Å². The summed E-state index contributed by atoms with van der Waals surface area (Å²) in [6, 6.07) is 6.13. The average Bonchev–Trinajstić information content (AvgIpc) is 3.37. The van der Waals surface area contributed by atoms with E-state index in [4.69, 9.17) is 14.5 Å². The number of carbonyl (C=O) groups is 1. The van der Waals surface area contributed by atoms with Crippen LogP contribution in [0.25, 0.3) is 10.6 Å². The second kappa shape index (κ2) is 7.83. The van der Waals surface area contributed by atoms with Gasteiger partial charge in [-0.2, -0.15) is 0 Å². The van der Waals surface area contributed by atoms with Crippen molar-refractivity contribution in [3.05, 3.63) is 52.1 Å². The highest BCUT2D eigenvalue weighted by Crippen LogP contribution is 2.30. The van der Waals surface area contributed by atoms with E-state index in [0.29, 0.717) is 30.0 Å². The Morgan fingerprint density at radius 1 is 1.36 bits per heavy atom. The molecule has 0 saturated carbocycles. The van der Waals surface area contributed by atoms with Crippen LogP contribution in [0.3, 0.4) is 0 Å². The highest BCUT2D eigenvalue weighted by Gasteiger charge is 2.30. The molecule has 1 amide bonds. The Kier molecular flexibility index (Phi) is 5.26. The summed E-state index contributed by atoms with van der Waals surface area (Å²) in [6.45, 7) is 7.17. The van der Waals surface area contributed by atoms with Crippen LogP contribution in [0.2, 0.25) is 0 Å². The van der Waals surface area contributed by atoms with E-state index in [9.17, 15) is 4.79 Å². The van der Waals surface area contributed by atoms with Crippen LogP contribution < -0.4 is 0 Å². The third-order valence-corrected chi connectivity index (χ3v) is 6.08. The minimum absolute atomic E-state index is 0.00596. The van der Waals surface area contributed by atoms with Gasteiger partial charge in [-0.05, 0) is 44.2 Å². The molecule has 1 aliphatic heterocycles. The predicted molar refractivity (Wildman–Crippen MR) is 109 cm³/mol. The van der Waals surface area contributed by atoms with Gasteiger partial charge in [-0.3, -0.25) is 4.79 Å². The number of aryl methyl sites for hydroxylation is 3. The molecule has 0 radical (unpaired) electrons. The summed E-state index contributed by atoms with van der Waals surface area (Å²) in [5, 5.41) is 6.04. The Labute approximate surface area is 168 Å². The lowest BCUT2D eigenvalue weighted by Gasteiger charge is -2.32. The SMILES string of the molecule is CCc1onc(C)c1C(=O)N1CCC[C@@H](c2nc(C)cc(-c3cccs3)n2)C1. The maximum absolute atomic E-state index is 13.1. The van der Waals surface area contributed by atoms with E-state index in [1.165, 1.54) is 0 Å². The van der Waals surface area contributed by atoms with E-state index in [1.807, 2.05) is 37.8 Å². The van der Waals surface area contributed by atoms with Gasteiger partial charge in [0.2, 0.25) is 0 Å². The first kappa shape index (κ1) is 18.8. The smallest absolute Gasteiger partial charge is 0.259 e. The first-order valence-electron chi connectivity index (χ1n) is 9.70. The van der Waals surface area contributed by atoms with Crippen LogP contribution in [0.5, 0.6) is 0 Å². The van der Waals surface area contributed by atoms with E-state index >= 15 is 0 Å². The molecule has 3 aromatic rings. The van der Waals surface area contributed by atoms with Crippen LogP contribution in [-0.4, -0.2) is 39.0 Å². The molecule has 1 saturated heterocycles. The van der Waals surface area contributed by atoms with Crippen molar-refractivity contribution in [1.82, 2.24) is 20.0 Å². The van der Waals surface area contributed by atoms with Gasteiger partial charge in [-0.15, -0.1) is 11.3 Å². The number of nitrogens with zero attached hydrogens (tertiary/aromatic N) is 4. The van der Waals surface area contributed by atoms with Gasteiger partial charge < -0.3 is 9.42 Å². The number of thiophene rings is 1. The molecule has 28 heavy (non-hydrogen) atoms. The molecule has 1 fully saturated rings. The van der Waals surface area contributed by atoms with Crippen molar-refractivity contribution in [2.24, 2.45) is 0 Å². The minimum atomic E-state index is 0.00596. The molecule has 0 unspecified atom stereocenters. The Bertz CT molecular complexity index is 980. The zero-order valence-corrected chi connectivity index (χ0v) is 17.3. The van der Waals surface area contributed by atoms with Crippen LogP contribution in [0.4, 0.5) is 0 Å². The van der Waals surface area contributed by atoms with Crippen molar-refractivity contribution in [3.63, 3.8) is 0 Å². The average molecular weight is 397 g/mol. The van der Waals surface area contributed by atoms with Crippen molar-refractivity contribution >= 4 is 17.2 Å². The third kappa shape index (κ3) is 3.58.